The Hall–Kier alpha value is -0.0800. The van der Waals surface area contributed by atoms with Crippen molar-refractivity contribution in [3.8, 4) is 0 Å². The van der Waals surface area contributed by atoms with Crippen molar-refractivity contribution in [2.45, 2.75) is 26.7 Å². The lowest BCUT2D eigenvalue weighted by Gasteiger charge is -2.05. The second-order valence-electron chi connectivity index (χ2n) is 2.26. The molecule has 0 spiro atoms. The van der Waals surface area contributed by atoms with E-state index in [1.807, 2.05) is 0 Å². The monoisotopic (exact) mass is 116 g/mol. The van der Waals surface area contributed by atoms with Crippen LogP contribution in [0.5, 0.6) is 0 Å². The molecule has 0 saturated heterocycles. The Bertz CT molecular complexity index is 45.8. The molecule has 0 saturated carbocycles. The van der Waals surface area contributed by atoms with Gasteiger partial charge in [0.1, 0.15) is 0 Å². The first-order chi connectivity index (χ1) is 3.81. The Morgan fingerprint density at radius 1 is 1.62 bits per heavy atom. The lowest BCUT2D eigenvalue weighted by atomic mass is 10.1. The number of hydrazine groups is 1. The van der Waals surface area contributed by atoms with Gasteiger partial charge in [-0.15, -0.1) is 0 Å². The third kappa shape index (κ3) is 4.09. The van der Waals surface area contributed by atoms with E-state index in [-0.39, 0.29) is 0 Å². The molecule has 3 N–H and O–H groups in total. The van der Waals surface area contributed by atoms with E-state index in [2.05, 4.69) is 19.3 Å². The summed E-state index contributed by atoms with van der Waals surface area (Å²) in [7, 11) is 0. The van der Waals surface area contributed by atoms with Gasteiger partial charge in [0.2, 0.25) is 0 Å². The van der Waals surface area contributed by atoms with Crippen molar-refractivity contribution in [3.63, 3.8) is 0 Å². The summed E-state index contributed by atoms with van der Waals surface area (Å²) < 4.78 is 0. The van der Waals surface area contributed by atoms with Gasteiger partial charge in [-0.25, -0.2) is 0 Å². The fraction of sp³-hybridized carbons (Fsp3) is 1.00. The van der Waals surface area contributed by atoms with Crippen LogP contribution in [0.15, 0.2) is 0 Å². The molecule has 0 bridgehead atoms. The highest BCUT2D eigenvalue weighted by molar-refractivity contribution is 4.49. The predicted octanol–water partition coefficient (Wildman–Crippen LogP) is 0.886. The molecule has 0 radical (unpaired) electrons. The van der Waals surface area contributed by atoms with Gasteiger partial charge in [0.25, 0.3) is 0 Å². The van der Waals surface area contributed by atoms with Crippen LogP contribution in [0.1, 0.15) is 26.7 Å². The highest BCUT2D eigenvalue weighted by Gasteiger charge is 1.94. The molecule has 50 valence electrons. The summed E-state index contributed by atoms with van der Waals surface area (Å²) in [6.45, 7) is 5.37. The zero-order valence-electron chi connectivity index (χ0n) is 5.78. The largest absolute Gasteiger partial charge is 0.271 e. The molecule has 0 aromatic rings. The number of hydrogen-bond donors (Lipinski definition) is 2. The van der Waals surface area contributed by atoms with Crippen LogP contribution in [0.25, 0.3) is 0 Å². The van der Waals surface area contributed by atoms with E-state index in [1.165, 1.54) is 12.8 Å². The zero-order valence-corrected chi connectivity index (χ0v) is 5.78. The quantitative estimate of drug-likeness (QED) is 0.423. The predicted molar refractivity (Wildman–Crippen MR) is 36.3 cm³/mol. The summed E-state index contributed by atoms with van der Waals surface area (Å²) in [6.07, 6.45) is 2.44. The van der Waals surface area contributed by atoms with E-state index in [9.17, 15) is 0 Å². The van der Waals surface area contributed by atoms with Crippen LogP contribution in [-0.4, -0.2) is 6.54 Å². The van der Waals surface area contributed by atoms with Gasteiger partial charge >= 0.3 is 0 Å². The third-order valence-electron chi connectivity index (χ3n) is 1.48. The molecular formula is C6H16N2. The second-order valence-corrected chi connectivity index (χ2v) is 2.26. The van der Waals surface area contributed by atoms with E-state index in [0.717, 1.165) is 12.5 Å². The summed E-state index contributed by atoms with van der Waals surface area (Å²) in [6, 6.07) is 0. The van der Waals surface area contributed by atoms with Gasteiger partial charge in [-0.1, -0.05) is 20.3 Å². The fourth-order valence-electron chi connectivity index (χ4n) is 0.534. The van der Waals surface area contributed by atoms with Gasteiger partial charge in [-0.05, 0) is 12.3 Å². The molecule has 2 nitrogen and oxygen atoms in total. The summed E-state index contributed by atoms with van der Waals surface area (Å²) >= 11 is 0. The topological polar surface area (TPSA) is 38.0 Å². The Balaban J connectivity index is 2.86. The minimum absolute atomic E-state index is 0.811. The van der Waals surface area contributed by atoms with Crippen molar-refractivity contribution in [3.05, 3.63) is 0 Å². The molecule has 0 rings (SSSR count). The van der Waals surface area contributed by atoms with Crippen molar-refractivity contribution < 1.29 is 0 Å². The maximum atomic E-state index is 5.08. The highest BCUT2D eigenvalue weighted by atomic mass is 15.2. The standard InChI is InChI=1S/C6H16N2/c1-3-6(2)4-5-8-7/h6,8H,3-5,7H2,1-2H3/t6-/m1/s1. The number of rotatable bonds is 4. The van der Waals surface area contributed by atoms with Crippen LogP contribution in [0.3, 0.4) is 0 Å². The highest BCUT2D eigenvalue weighted by Crippen LogP contribution is 2.03. The Morgan fingerprint density at radius 3 is 2.62 bits per heavy atom. The molecule has 0 heterocycles. The fourth-order valence-corrected chi connectivity index (χ4v) is 0.534. The summed E-state index contributed by atoms with van der Waals surface area (Å²) in [4.78, 5) is 0. The first-order valence-corrected chi connectivity index (χ1v) is 3.24. The molecule has 2 heteroatoms. The van der Waals surface area contributed by atoms with Gasteiger partial charge in [0.15, 0.2) is 0 Å². The van der Waals surface area contributed by atoms with Crippen molar-refractivity contribution in [1.82, 2.24) is 5.43 Å². The SMILES string of the molecule is CC[C@@H](C)CCNN. The van der Waals surface area contributed by atoms with Crippen LogP contribution in [0.4, 0.5) is 0 Å². The van der Waals surface area contributed by atoms with Crippen molar-refractivity contribution in [1.29, 1.82) is 0 Å². The minimum Gasteiger partial charge on any atom is -0.271 e. The van der Waals surface area contributed by atoms with Gasteiger partial charge in [0.05, 0.1) is 0 Å². The van der Waals surface area contributed by atoms with Crippen molar-refractivity contribution in [2.75, 3.05) is 6.54 Å². The average Bonchev–Trinajstić information content (AvgIpc) is 1.83. The molecular weight excluding hydrogens is 100 g/mol. The van der Waals surface area contributed by atoms with Crippen LogP contribution >= 0.6 is 0 Å². The second kappa shape index (κ2) is 5.06. The number of nitrogens with two attached hydrogens (primary N) is 1. The smallest absolute Gasteiger partial charge is 0.00999 e. The van der Waals surface area contributed by atoms with Crippen molar-refractivity contribution in [2.24, 2.45) is 11.8 Å². The summed E-state index contributed by atoms with van der Waals surface area (Å²) in [5, 5.41) is 0. The number of nitrogens with one attached hydrogen (secondary N) is 1. The molecule has 0 aromatic heterocycles. The summed E-state index contributed by atoms with van der Waals surface area (Å²) in [5.74, 6) is 5.89. The minimum atomic E-state index is 0.811. The van der Waals surface area contributed by atoms with Gasteiger partial charge in [-0.3, -0.25) is 11.3 Å². The normalized spacial score (nSPS) is 13.9. The van der Waals surface area contributed by atoms with Gasteiger partial charge in [0, 0.05) is 6.54 Å². The maximum Gasteiger partial charge on any atom is 0.00999 e. The van der Waals surface area contributed by atoms with Gasteiger partial charge in [-0.2, -0.15) is 0 Å². The third-order valence-corrected chi connectivity index (χ3v) is 1.48. The molecule has 0 aliphatic heterocycles. The molecule has 0 aliphatic carbocycles. The molecule has 8 heavy (non-hydrogen) atoms. The van der Waals surface area contributed by atoms with Gasteiger partial charge < -0.3 is 0 Å². The molecule has 0 unspecified atom stereocenters. The Morgan fingerprint density at radius 2 is 2.25 bits per heavy atom. The lowest BCUT2D eigenvalue weighted by molar-refractivity contribution is 0.493. The van der Waals surface area contributed by atoms with E-state index < -0.39 is 0 Å². The lowest BCUT2D eigenvalue weighted by Crippen LogP contribution is -2.24. The molecule has 0 aliphatic rings. The van der Waals surface area contributed by atoms with E-state index >= 15 is 0 Å². The zero-order chi connectivity index (χ0) is 6.41. The van der Waals surface area contributed by atoms with E-state index in [1.54, 1.807) is 0 Å². The van der Waals surface area contributed by atoms with E-state index in [0.29, 0.717) is 0 Å². The van der Waals surface area contributed by atoms with Crippen LogP contribution in [0, 0.1) is 5.92 Å². The molecule has 0 fully saturated rings. The maximum absolute atomic E-state index is 5.08. The van der Waals surface area contributed by atoms with Crippen LogP contribution in [-0.2, 0) is 0 Å². The summed E-state index contributed by atoms with van der Waals surface area (Å²) in [5.41, 5.74) is 2.63. The average molecular weight is 116 g/mol. The van der Waals surface area contributed by atoms with Crippen LogP contribution in [0.2, 0.25) is 0 Å². The molecule has 1 atom stereocenters. The number of hydrogen-bond acceptors (Lipinski definition) is 2. The molecule has 0 amide bonds. The molecule has 0 aromatic carbocycles. The Kier molecular flexibility index (Phi) is 5.01. The van der Waals surface area contributed by atoms with Crippen LogP contribution < -0.4 is 11.3 Å². The first-order valence-electron chi connectivity index (χ1n) is 3.24. The van der Waals surface area contributed by atoms with E-state index in [4.69, 9.17) is 5.84 Å². The first kappa shape index (κ1) is 7.92. The Labute approximate surface area is 51.4 Å². The van der Waals surface area contributed by atoms with Crippen molar-refractivity contribution >= 4 is 0 Å².